The highest BCUT2D eigenvalue weighted by molar-refractivity contribution is 6.09. The van der Waals surface area contributed by atoms with Gasteiger partial charge in [0.15, 0.2) is 0 Å². The molecule has 5 heteroatoms. The van der Waals surface area contributed by atoms with E-state index < -0.39 is 0 Å². The van der Waals surface area contributed by atoms with Crippen LogP contribution in [0.15, 0.2) is 48.5 Å². The van der Waals surface area contributed by atoms with E-state index in [0.717, 1.165) is 12.2 Å². The number of hydrogen-bond acceptors (Lipinski definition) is 3. The molecule has 5 nitrogen and oxygen atoms in total. The Morgan fingerprint density at radius 3 is 2.15 bits per heavy atom. The summed E-state index contributed by atoms with van der Waals surface area (Å²) in [6, 6.07) is 14.4. The fourth-order valence-corrected chi connectivity index (χ4v) is 2.44. The summed E-state index contributed by atoms with van der Waals surface area (Å²) >= 11 is 0. The van der Waals surface area contributed by atoms with Crippen molar-refractivity contribution < 1.29 is 9.59 Å². The summed E-state index contributed by atoms with van der Waals surface area (Å²) in [5, 5.41) is 5.76. The molecule has 0 aliphatic rings. The van der Waals surface area contributed by atoms with E-state index in [1.165, 1.54) is 0 Å². The van der Waals surface area contributed by atoms with Gasteiger partial charge in [-0.3, -0.25) is 9.59 Å². The van der Waals surface area contributed by atoms with Gasteiger partial charge >= 0.3 is 0 Å². The quantitative estimate of drug-likeness (QED) is 0.856. The molecule has 0 atom stereocenters. The average molecular weight is 353 g/mol. The van der Waals surface area contributed by atoms with Crippen molar-refractivity contribution in [2.45, 2.75) is 33.2 Å². The molecule has 26 heavy (non-hydrogen) atoms. The number of carbonyl (C=O) groups is 2. The minimum atomic E-state index is -0.352. The fraction of sp³-hybridized carbons (Fsp3) is 0.333. The van der Waals surface area contributed by atoms with E-state index in [2.05, 4.69) is 22.5 Å². The number of rotatable bonds is 5. The van der Waals surface area contributed by atoms with Gasteiger partial charge in [-0.2, -0.15) is 0 Å². The average Bonchev–Trinajstić information content (AvgIpc) is 2.60. The predicted molar refractivity (Wildman–Crippen MR) is 107 cm³/mol. The number of anilines is 2. The van der Waals surface area contributed by atoms with Crippen molar-refractivity contribution >= 4 is 23.2 Å². The maximum Gasteiger partial charge on any atom is 0.255 e. The second-order valence-electron chi connectivity index (χ2n) is 7.26. The lowest BCUT2D eigenvalue weighted by Crippen LogP contribution is -2.40. The van der Waals surface area contributed by atoms with E-state index in [9.17, 15) is 9.59 Å². The monoisotopic (exact) mass is 353 g/mol. The number of benzene rings is 2. The van der Waals surface area contributed by atoms with Crippen LogP contribution in [0.3, 0.4) is 0 Å². The molecule has 0 aromatic heterocycles. The molecular weight excluding hydrogens is 326 g/mol. The minimum Gasteiger partial charge on any atom is -0.375 e. The van der Waals surface area contributed by atoms with Crippen molar-refractivity contribution in [3.63, 3.8) is 0 Å². The molecule has 0 bridgehead atoms. The van der Waals surface area contributed by atoms with Gasteiger partial charge in [-0.25, -0.2) is 0 Å². The Labute approximate surface area is 155 Å². The molecule has 138 valence electrons. The van der Waals surface area contributed by atoms with Crippen LogP contribution in [0.25, 0.3) is 0 Å². The number of amides is 2. The van der Waals surface area contributed by atoms with Crippen LogP contribution in [-0.4, -0.2) is 30.9 Å². The molecule has 0 heterocycles. The Kier molecular flexibility index (Phi) is 6.03. The SMILES string of the molecule is CCN(C)c1ccc(C(=O)Nc2ccccc2C(=O)NC(C)(C)C)cc1. The highest BCUT2D eigenvalue weighted by atomic mass is 16.2. The molecule has 0 spiro atoms. The van der Waals surface area contributed by atoms with Crippen LogP contribution >= 0.6 is 0 Å². The Morgan fingerprint density at radius 2 is 1.58 bits per heavy atom. The zero-order valence-electron chi connectivity index (χ0n) is 16.1. The van der Waals surface area contributed by atoms with Crippen LogP contribution in [0.1, 0.15) is 48.4 Å². The van der Waals surface area contributed by atoms with Gasteiger partial charge in [0.1, 0.15) is 0 Å². The number of nitrogens with zero attached hydrogens (tertiary/aromatic N) is 1. The summed E-state index contributed by atoms with van der Waals surface area (Å²) in [6.45, 7) is 8.71. The lowest BCUT2D eigenvalue weighted by Gasteiger charge is -2.21. The van der Waals surface area contributed by atoms with E-state index in [0.29, 0.717) is 16.8 Å². The van der Waals surface area contributed by atoms with Crippen LogP contribution in [-0.2, 0) is 0 Å². The highest BCUT2D eigenvalue weighted by Crippen LogP contribution is 2.19. The summed E-state index contributed by atoms with van der Waals surface area (Å²) < 4.78 is 0. The van der Waals surface area contributed by atoms with E-state index in [1.54, 1.807) is 36.4 Å². The first kappa shape index (κ1) is 19.5. The molecule has 0 saturated carbocycles. The Hall–Kier alpha value is -2.82. The second kappa shape index (κ2) is 8.04. The van der Waals surface area contributed by atoms with E-state index in [4.69, 9.17) is 0 Å². The van der Waals surface area contributed by atoms with Crippen LogP contribution in [0, 0.1) is 0 Å². The minimum absolute atomic E-state index is 0.215. The van der Waals surface area contributed by atoms with Crippen LogP contribution in [0.5, 0.6) is 0 Å². The van der Waals surface area contributed by atoms with E-state index in [1.807, 2.05) is 40.0 Å². The first-order chi connectivity index (χ1) is 12.2. The normalized spacial score (nSPS) is 11.0. The van der Waals surface area contributed by atoms with Gasteiger partial charge in [-0.1, -0.05) is 12.1 Å². The third-order valence-electron chi connectivity index (χ3n) is 3.95. The molecule has 0 saturated heterocycles. The molecule has 0 aliphatic heterocycles. The topological polar surface area (TPSA) is 61.4 Å². The van der Waals surface area contributed by atoms with Crippen molar-refractivity contribution in [1.29, 1.82) is 0 Å². The Bertz CT molecular complexity index is 777. The predicted octanol–water partition coefficient (Wildman–Crippen LogP) is 3.92. The molecule has 0 radical (unpaired) electrons. The van der Waals surface area contributed by atoms with Crippen molar-refractivity contribution in [3.05, 3.63) is 59.7 Å². The molecule has 2 rings (SSSR count). The highest BCUT2D eigenvalue weighted by Gasteiger charge is 2.19. The first-order valence-corrected chi connectivity index (χ1v) is 8.75. The number of para-hydroxylation sites is 1. The standard InChI is InChI=1S/C21H27N3O2/c1-6-24(5)16-13-11-15(12-14-16)19(25)22-18-10-8-7-9-17(18)20(26)23-21(2,3)4/h7-14H,6H2,1-5H3,(H,22,25)(H,23,26). The summed E-state index contributed by atoms with van der Waals surface area (Å²) in [5.41, 5.74) is 2.18. The number of nitrogens with one attached hydrogen (secondary N) is 2. The molecule has 2 amide bonds. The third-order valence-corrected chi connectivity index (χ3v) is 3.95. The van der Waals surface area contributed by atoms with Crippen LogP contribution < -0.4 is 15.5 Å². The number of carbonyl (C=O) groups excluding carboxylic acids is 2. The molecule has 2 aromatic carbocycles. The van der Waals surface area contributed by atoms with Crippen molar-refractivity contribution in [1.82, 2.24) is 5.32 Å². The van der Waals surface area contributed by atoms with Gasteiger partial charge in [-0.15, -0.1) is 0 Å². The summed E-state index contributed by atoms with van der Waals surface area (Å²) in [6.07, 6.45) is 0. The van der Waals surface area contributed by atoms with Gasteiger partial charge in [-0.05, 0) is 64.1 Å². The largest absolute Gasteiger partial charge is 0.375 e. The molecular formula is C21H27N3O2. The van der Waals surface area contributed by atoms with Crippen molar-refractivity contribution in [2.75, 3.05) is 23.8 Å². The molecule has 0 unspecified atom stereocenters. The third kappa shape index (κ3) is 5.09. The summed E-state index contributed by atoms with van der Waals surface area (Å²) in [5.74, 6) is -0.458. The number of hydrogen-bond donors (Lipinski definition) is 2. The smallest absolute Gasteiger partial charge is 0.255 e. The van der Waals surface area contributed by atoms with Crippen LogP contribution in [0.2, 0.25) is 0 Å². The van der Waals surface area contributed by atoms with E-state index >= 15 is 0 Å². The first-order valence-electron chi connectivity index (χ1n) is 8.75. The zero-order valence-corrected chi connectivity index (χ0v) is 16.1. The van der Waals surface area contributed by atoms with Gasteiger partial charge in [0.25, 0.3) is 11.8 Å². The zero-order chi connectivity index (χ0) is 19.3. The second-order valence-corrected chi connectivity index (χ2v) is 7.26. The van der Waals surface area contributed by atoms with Gasteiger partial charge in [0, 0.05) is 30.4 Å². The maximum atomic E-state index is 12.6. The van der Waals surface area contributed by atoms with E-state index in [-0.39, 0.29) is 17.4 Å². The van der Waals surface area contributed by atoms with Crippen LogP contribution in [0.4, 0.5) is 11.4 Å². The lowest BCUT2D eigenvalue weighted by atomic mass is 10.1. The fourth-order valence-electron chi connectivity index (χ4n) is 2.44. The Balaban J connectivity index is 2.18. The summed E-state index contributed by atoms with van der Waals surface area (Å²) in [7, 11) is 2.00. The Morgan fingerprint density at radius 1 is 0.962 bits per heavy atom. The summed E-state index contributed by atoms with van der Waals surface area (Å²) in [4.78, 5) is 27.1. The van der Waals surface area contributed by atoms with Crippen molar-refractivity contribution in [2.24, 2.45) is 0 Å². The molecule has 2 aromatic rings. The van der Waals surface area contributed by atoms with Crippen molar-refractivity contribution in [3.8, 4) is 0 Å². The van der Waals surface area contributed by atoms with Gasteiger partial charge in [0.05, 0.1) is 11.3 Å². The lowest BCUT2D eigenvalue weighted by molar-refractivity contribution is 0.0920. The molecule has 0 fully saturated rings. The molecule has 0 aliphatic carbocycles. The van der Waals surface area contributed by atoms with Gasteiger partial charge < -0.3 is 15.5 Å². The maximum absolute atomic E-state index is 12.6. The van der Waals surface area contributed by atoms with Gasteiger partial charge in [0.2, 0.25) is 0 Å². The molecule has 2 N–H and O–H groups in total.